The normalized spacial score (nSPS) is 10.7. The fraction of sp³-hybridized carbons (Fsp3) is 0.111. The molecule has 1 N–H and O–H groups in total. The molecule has 0 unspecified atom stereocenters. The van der Waals surface area contributed by atoms with Gasteiger partial charge in [-0.05, 0) is 18.2 Å². The first-order chi connectivity index (χ1) is 6.59. The van der Waals surface area contributed by atoms with Gasteiger partial charge in [-0.1, -0.05) is 11.6 Å². The summed E-state index contributed by atoms with van der Waals surface area (Å²) in [5.74, 6) is -1.03. The van der Waals surface area contributed by atoms with Gasteiger partial charge in [0.2, 0.25) is 5.82 Å². The molecule has 0 fully saturated rings. The Morgan fingerprint density at radius 2 is 2.29 bits per heavy atom. The Hall–Kier alpha value is -1.55. The molecule has 0 spiro atoms. The third kappa shape index (κ3) is 1.24. The molecule has 0 amide bonds. The number of aryl methyl sites for hydroxylation is 1. The standard InChI is InChI=1S/C9H7ClN2O2/c1-12-7-4-5(10)2-3-6(7)11-8(12)9(13)14/h2-4H,1H3,(H,13,14). The maximum absolute atomic E-state index is 10.8. The first-order valence-corrected chi connectivity index (χ1v) is 4.32. The molecule has 5 heteroatoms. The van der Waals surface area contributed by atoms with Crippen molar-refractivity contribution in [3.05, 3.63) is 29.0 Å². The first-order valence-electron chi connectivity index (χ1n) is 3.95. The SMILES string of the molecule is Cn1c(C(=O)O)nc2ccc(Cl)cc21. The average molecular weight is 211 g/mol. The number of carbonyl (C=O) groups is 1. The van der Waals surface area contributed by atoms with Gasteiger partial charge >= 0.3 is 5.97 Å². The van der Waals surface area contributed by atoms with Crippen LogP contribution in [0, 0.1) is 0 Å². The molecule has 1 aromatic carbocycles. The molecule has 14 heavy (non-hydrogen) atoms. The summed E-state index contributed by atoms with van der Waals surface area (Å²) >= 11 is 5.79. The summed E-state index contributed by atoms with van der Waals surface area (Å²) in [4.78, 5) is 14.7. The summed E-state index contributed by atoms with van der Waals surface area (Å²) in [6.45, 7) is 0. The highest BCUT2D eigenvalue weighted by Crippen LogP contribution is 2.19. The Kier molecular flexibility index (Phi) is 1.93. The number of halogens is 1. The van der Waals surface area contributed by atoms with Crippen LogP contribution in [0.4, 0.5) is 0 Å². The van der Waals surface area contributed by atoms with Gasteiger partial charge in [0.25, 0.3) is 0 Å². The average Bonchev–Trinajstić information content (AvgIpc) is 2.44. The number of carboxylic acids is 1. The smallest absolute Gasteiger partial charge is 0.372 e. The van der Waals surface area contributed by atoms with Crippen molar-refractivity contribution < 1.29 is 9.90 Å². The van der Waals surface area contributed by atoms with Gasteiger partial charge in [0.15, 0.2) is 0 Å². The zero-order chi connectivity index (χ0) is 10.3. The van der Waals surface area contributed by atoms with Gasteiger partial charge in [0.1, 0.15) is 0 Å². The second-order valence-corrected chi connectivity index (χ2v) is 3.37. The molecule has 0 bridgehead atoms. The van der Waals surface area contributed by atoms with Gasteiger partial charge < -0.3 is 9.67 Å². The van der Waals surface area contributed by atoms with Gasteiger partial charge in [-0.3, -0.25) is 0 Å². The highest BCUT2D eigenvalue weighted by Gasteiger charge is 2.13. The molecule has 0 radical (unpaired) electrons. The van der Waals surface area contributed by atoms with Gasteiger partial charge in [-0.15, -0.1) is 0 Å². The number of hydrogen-bond donors (Lipinski definition) is 1. The van der Waals surface area contributed by atoms with Crippen LogP contribution < -0.4 is 0 Å². The molecule has 0 aliphatic carbocycles. The van der Waals surface area contributed by atoms with Crippen LogP contribution in [0.25, 0.3) is 11.0 Å². The van der Waals surface area contributed by atoms with Gasteiger partial charge in [-0.25, -0.2) is 9.78 Å². The summed E-state index contributed by atoms with van der Waals surface area (Å²) in [6, 6.07) is 5.07. The maximum atomic E-state index is 10.8. The highest BCUT2D eigenvalue weighted by atomic mass is 35.5. The minimum Gasteiger partial charge on any atom is -0.475 e. The Bertz CT molecular complexity index is 519. The number of hydrogen-bond acceptors (Lipinski definition) is 2. The summed E-state index contributed by atoms with van der Waals surface area (Å²) in [5.41, 5.74) is 1.35. The van der Waals surface area contributed by atoms with E-state index in [0.717, 1.165) is 5.52 Å². The lowest BCUT2D eigenvalue weighted by Crippen LogP contribution is -2.05. The zero-order valence-corrected chi connectivity index (χ0v) is 8.12. The maximum Gasteiger partial charge on any atom is 0.372 e. The summed E-state index contributed by atoms with van der Waals surface area (Å²) < 4.78 is 1.50. The molecule has 0 atom stereocenters. The number of aromatic carboxylic acids is 1. The van der Waals surface area contributed by atoms with E-state index in [9.17, 15) is 4.79 Å². The van der Waals surface area contributed by atoms with Crippen molar-refractivity contribution in [2.45, 2.75) is 0 Å². The van der Waals surface area contributed by atoms with Crippen LogP contribution in [-0.2, 0) is 7.05 Å². The van der Waals surface area contributed by atoms with Crippen LogP contribution in [0.3, 0.4) is 0 Å². The fourth-order valence-electron chi connectivity index (χ4n) is 1.35. The monoisotopic (exact) mass is 210 g/mol. The van der Waals surface area contributed by atoms with E-state index in [4.69, 9.17) is 16.7 Å². The van der Waals surface area contributed by atoms with Crippen LogP contribution in [0.5, 0.6) is 0 Å². The van der Waals surface area contributed by atoms with Gasteiger partial charge in [0, 0.05) is 12.1 Å². The molecule has 1 aromatic heterocycles. The minimum absolute atomic E-state index is 0.0160. The molecule has 2 rings (SSSR count). The Morgan fingerprint density at radius 1 is 1.57 bits per heavy atom. The van der Waals surface area contributed by atoms with Crippen molar-refractivity contribution in [2.75, 3.05) is 0 Å². The van der Waals surface area contributed by atoms with Crippen LogP contribution in [0.15, 0.2) is 18.2 Å². The molecule has 4 nitrogen and oxygen atoms in total. The molecular weight excluding hydrogens is 204 g/mol. The van der Waals surface area contributed by atoms with Gasteiger partial charge in [0.05, 0.1) is 11.0 Å². The predicted octanol–water partition coefficient (Wildman–Crippen LogP) is 1.92. The van der Waals surface area contributed by atoms with E-state index in [1.54, 1.807) is 25.2 Å². The third-order valence-electron chi connectivity index (χ3n) is 2.03. The molecule has 0 saturated heterocycles. The first kappa shape index (κ1) is 9.02. The zero-order valence-electron chi connectivity index (χ0n) is 7.36. The van der Waals surface area contributed by atoms with Crippen LogP contribution in [0.2, 0.25) is 5.02 Å². The molecule has 0 aliphatic heterocycles. The molecule has 0 saturated carbocycles. The van der Waals surface area contributed by atoms with Crippen LogP contribution in [-0.4, -0.2) is 20.6 Å². The second-order valence-electron chi connectivity index (χ2n) is 2.93. The van der Waals surface area contributed by atoms with Crippen LogP contribution in [0.1, 0.15) is 10.6 Å². The highest BCUT2D eigenvalue weighted by molar-refractivity contribution is 6.31. The minimum atomic E-state index is -1.04. The number of nitrogens with zero attached hydrogens (tertiary/aromatic N) is 2. The van der Waals surface area contributed by atoms with E-state index in [1.165, 1.54) is 4.57 Å². The predicted molar refractivity (Wildman–Crippen MR) is 52.7 cm³/mol. The largest absolute Gasteiger partial charge is 0.475 e. The van der Waals surface area contributed by atoms with Gasteiger partial charge in [-0.2, -0.15) is 0 Å². The second kappa shape index (κ2) is 2.99. The van der Waals surface area contributed by atoms with E-state index >= 15 is 0 Å². The fourth-order valence-corrected chi connectivity index (χ4v) is 1.52. The number of aromatic nitrogens is 2. The van der Waals surface area contributed by atoms with E-state index < -0.39 is 5.97 Å². The topological polar surface area (TPSA) is 55.1 Å². The lowest BCUT2D eigenvalue weighted by Gasteiger charge is -1.96. The van der Waals surface area contributed by atoms with E-state index in [0.29, 0.717) is 10.5 Å². The summed E-state index contributed by atoms with van der Waals surface area (Å²) in [6.07, 6.45) is 0. The lowest BCUT2D eigenvalue weighted by molar-refractivity contribution is 0.0680. The molecular formula is C9H7ClN2O2. The Morgan fingerprint density at radius 3 is 2.93 bits per heavy atom. The summed E-state index contributed by atoms with van der Waals surface area (Å²) in [5, 5.41) is 9.39. The number of fused-ring (bicyclic) bond motifs is 1. The lowest BCUT2D eigenvalue weighted by atomic mass is 10.3. The van der Waals surface area contributed by atoms with Crippen molar-refractivity contribution >= 4 is 28.6 Å². The Labute approximate surface area is 84.7 Å². The van der Waals surface area contributed by atoms with E-state index in [1.807, 2.05) is 0 Å². The van der Waals surface area contributed by atoms with Crippen molar-refractivity contribution in [1.29, 1.82) is 0 Å². The quantitative estimate of drug-likeness (QED) is 0.783. The molecule has 1 heterocycles. The van der Waals surface area contributed by atoms with E-state index in [-0.39, 0.29) is 5.82 Å². The van der Waals surface area contributed by atoms with Crippen molar-refractivity contribution in [2.24, 2.45) is 7.05 Å². The molecule has 2 aromatic rings. The number of rotatable bonds is 1. The number of imidazole rings is 1. The molecule has 72 valence electrons. The van der Waals surface area contributed by atoms with Crippen molar-refractivity contribution in [3.8, 4) is 0 Å². The number of benzene rings is 1. The van der Waals surface area contributed by atoms with E-state index in [2.05, 4.69) is 4.98 Å². The van der Waals surface area contributed by atoms with Crippen molar-refractivity contribution in [1.82, 2.24) is 9.55 Å². The van der Waals surface area contributed by atoms with Crippen LogP contribution >= 0.6 is 11.6 Å². The number of carboxylic acid groups (broad SMARTS) is 1. The molecule has 0 aliphatic rings. The third-order valence-corrected chi connectivity index (χ3v) is 2.27. The Balaban J connectivity index is 2.80. The summed E-state index contributed by atoms with van der Waals surface area (Å²) in [7, 11) is 1.65. The van der Waals surface area contributed by atoms with Crippen molar-refractivity contribution in [3.63, 3.8) is 0 Å².